The molecule has 0 aliphatic carbocycles. The second-order valence-corrected chi connectivity index (χ2v) is 5.46. The van der Waals surface area contributed by atoms with Crippen molar-refractivity contribution in [2.24, 2.45) is 0 Å². The largest absolute Gasteiger partial charge is 0.398 e. The number of terminal acetylenes is 1. The molecule has 0 amide bonds. The maximum Gasteiger partial charge on any atom is 0.250 e. The lowest BCUT2D eigenvalue weighted by atomic mass is 10.5. The molecule has 1 rings (SSSR count). The minimum absolute atomic E-state index is 0.215. The Morgan fingerprint density at radius 2 is 2.36 bits per heavy atom. The first kappa shape index (κ1) is 11.0. The van der Waals surface area contributed by atoms with Crippen molar-refractivity contribution >= 4 is 27.0 Å². The van der Waals surface area contributed by atoms with E-state index in [-0.39, 0.29) is 10.8 Å². The van der Waals surface area contributed by atoms with Gasteiger partial charge in [0.25, 0.3) is 0 Å². The van der Waals surface area contributed by atoms with Gasteiger partial charge in [-0.2, -0.15) is 0 Å². The van der Waals surface area contributed by atoms with Crippen LogP contribution < -0.4 is 10.5 Å². The maximum absolute atomic E-state index is 11.5. The first-order valence-electron chi connectivity index (χ1n) is 3.83. The van der Waals surface area contributed by atoms with E-state index in [1.165, 1.54) is 6.07 Å². The second-order valence-electron chi connectivity index (χ2n) is 2.55. The SMILES string of the molecule is C#CCCNS(=O)(=O)c1cc(N)cs1. The average Bonchev–Trinajstić information content (AvgIpc) is 2.53. The number of nitrogens with two attached hydrogens (primary N) is 1. The summed E-state index contributed by atoms with van der Waals surface area (Å²) in [5.41, 5.74) is 5.87. The molecule has 6 heteroatoms. The Bertz CT molecular complexity index is 442. The Hall–Kier alpha value is -1.03. The van der Waals surface area contributed by atoms with E-state index in [9.17, 15) is 8.42 Å². The second kappa shape index (κ2) is 4.46. The van der Waals surface area contributed by atoms with Crippen LogP contribution in [0.3, 0.4) is 0 Å². The predicted octanol–water partition coefficient (Wildman–Crippen LogP) is 0.632. The van der Waals surface area contributed by atoms with Crippen molar-refractivity contribution in [2.75, 3.05) is 12.3 Å². The number of sulfonamides is 1. The fourth-order valence-electron chi connectivity index (χ4n) is 0.800. The standard InChI is InChI=1S/C8H10N2O2S2/c1-2-3-4-10-14(11,12)8-5-7(9)6-13-8/h1,5-6,10H,3-4,9H2. The first-order valence-corrected chi connectivity index (χ1v) is 6.19. The number of thiophene rings is 1. The van der Waals surface area contributed by atoms with Gasteiger partial charge in [-0.05, 0) is 6.07 Å². The van der Waals surface area contributed by atoms with E-state index >= 15 is 0 Å². The molecule has 1 heterocycles. The van der Waals surface area contributed by atoms with Crippen molar-refractivity contribution in [1.82, 2.24) is 4.72 Å². The highest BCUT2D eigenvalue weighted by atomic mass is 32.2. The molecule has 76 valence electrons. The summed E-state index contributed by atoms with van der Waals surface area (Å²) in [5.74, 6) is 2.35. The van der Waals surface area contributed by atoms with Crippen LogP contribution in [-0.4, -0.2) is 15.0 Å². The molecule has 0 radical (unpaired) electrons. The van der Waals surface area contributed by atoms with Gasteiger partial charge in [0.15, 0.2) is 0 Å². The molecule has 1 aromatic heterocycles. The highest BCUT2D eigenvalue weighted by molar-refractivity contribution is 7.91. The zero-order valence-electron chi connectivity index (χ0n) is 7.36. The number of hydrogen-bond acceptors (Lipinski definition) is 4. The third-order valence-corrected chi connectivity index (χ3v) is 4.34. The third kappa shape index (κ3) is 2.73. The highest BCUT2D eigenvalue weighted by Gasteiger charge is 2.14. The van der Waals surface area contributed by atoms with Crippen LogP contribution >= 0.6 is 11.3 Å². The number of nitrogens with one attached hydrogen (secondary N) is 1. The summed E-state index contributed by atoms with van der Waals surface area (Å²) in [4.78, 5) is 0. The van der Waals surface area contributed by atoms with Crippen LogP contribution in [0.5, 0.6) is 0 Å². The van der Waals surface area contributed by atoms with Crippen molar-refractivity contribution < 1.29 is 8.42 Å². The Kier molecular flexibility index (Phi) is 3.52. The molecular weight excluding hydrogens is 220 g/mol. The van der Waals surface area contributed by atoms with E-state index < -0.39 is 10.0 Å². The Morgan fingerprint density at radius 1 is 1.64 bits per heavy atom. The van der Waals surface area contributed by atoms with Gasteiger partial charge in [0.1, 0.15) is 4.21 Å². The van der Waals surface area contributed by atoms with Gasteiger partial charge >= 0.3 is 0 Å². The minimum Gasteiger partial charge on any atom is -0.398 e. The number of rotatable bonds is 4. The number of nitrogen functional groups attached to an aromatic ring is 1. The van der Waals surface area contributed by atoms with Crippen molar-refractivity contribution in [1.29, 1.82) is 0 Å². The van der Waals surface area contributed by atoms with Crippen molar-refractivity contribution in [3.05, 3.63) is 11.4 Å². The van der Waals surface area contributed by atoms with Gasteiger partial charge in [0.05, 0.1) is 0 Å². The van der Waals surface area contributed by atoms with E-state index in [4.69, 9.17) is 12.2 Å². The summed E-state index contributed by atoms with van der Waals surface area (Å²) in [6.07, 6.45) is 5.37. The van der Waals surface area contributed by atoms with E-state index in [1.54, 1.807) is 5.38 Å². The van der Waals surface area contributed by atoms with Crippen LogP contribution in [0.1, 0.15) is 6.42 Å². The van der Waals surface area contributed by atoms with Crippen molar-refractivity contribution in [3.8, 4) is 12.3 Å². The summed E-state index contributed by atoms with van der Waals surface area (Å²) in [5, 5.41) is 1.58. The smallest absolute Gasteiger partial charge is 0.250 e. The molecular formula is C8H10N2O2S2. The van der Waals surface area contributed by atoms with Crippen LogP contribution in [-0.2, 0) is 10.0 Å². The summed E-state index contributed by atoms with van der Waals surface area (Å²) in [7, 11) is -3.42. The Morgan fingerprint density at radius 3 is 2.86 bits per heavy atom. The molecule has 0 bridgehead atoms. The van der Waals surface area contributed by atoms with Gasteiger partial charge in [-0.25, -0.2) is 13.1 Å². The van der Waals surface area contributed by atoms with E-state index in [0.29, 0.717) is 12.1 Å². The van der Waals surface area contributed by atoms with Crippen molar-refractivity contribution in [3.63, 3.8) is 0 Å². The molecule has 3 N–H and O–H groups in total. The molecule has 0 unspecified atom stereocenters. The lowest BCUT2D eigenvalue weighted by Gasteiger charge is -2.00. The zero-order chi connectivity index (χ0) is 10.6. The molecule has 0 aliphatic rings. The van der Waals surface area contributed by atoms with Crippen LogP contribution in [0, 0.1) is 12.3 Å². The Labute approximate surface area is 87.2 Å². The van der Waals surface area contributed by atoms with E-state index in [0.717, 1.165) is 11.3 Å². The van der Waals surface area contributed by atoms with Gasteiger partial charge in [-0.3, -0.25) is 0 Å². The molecule has 0 aromatic carbocycles. The van der Waals surface area contributed by atoms with Gasteiger partial charge in [0, 0.05) is 24.0 Å². The monoisotopic (exact) mass is 230 g/mol. The van der Waals surface area contributed by atoms with Gasteiger partial charge in [0.2, 0.25) is 10.0 Å². The van der Waals surface area contributed by atoms with E-state index in [2.05, 4.69) is 10.6 Å². The topological polar surface area (TPSA) is 72.2 Å². The van der Waals surface area contributed by atoms with Gasteiger partial charge < -0.3 is 5.73 Å². The molecule has 0 spiro atoms. The van der Waals surface area contributed by atoms with E-state index in [1.807, 2.05) is 0 Å². The quantitative estimate of drug-likeness (QED) is 0.588. The molecule has 4 nitrogen and oxygen atoms in total. The van der Waals surface area contributed by atoms with Crippen LogP contribution in [0.25, 0.3) is 0 Å². The molecule has 0 saturated heterocycles. The van der Waals surface area contributed by atoms with Crippen molar-refractivity contribution in [2.45, 2.75) is 10.6 Å². The highest BCUT2D eigenvalue weighted by Crippen LogP contribution is 2.20. The lowest BCUT2D eigenvalue weighted by molar-refractivity contribution is 0.584. The molecule has 0 atom stereocenters. The van der Waals surface area contributed by atoms with Crippen LogP contribution in [0.4, 0.5) is 5.69 Å². The number of anilines is 1. The molecule has 0 fully saturated rings. The summed E-state index contributed by atoms with van der Waals surface area (Å²) >= 11 is 1.09. The molecule has 14 heavy (non-hydrogen) atoms. The fourth-order valence-corrected chi connectivity index (χ4v) is 2.96. The fraction of sp³-hybridized carbons (Fsp3) is 0.250. The predicted molar refractivity (Wildman–Crippen MR) is 57.4 cm³/mol. The minimum atomic E-state index is -3.42. The summed E-state index contributed by atoms with van der Waals surface area (Å²) in [6.45, 7) is 0.247. The normalized spacial score (nSPS) is 11.1. The average molecular weight is 230 g/mol. The zero-order valence-corrected chi connectivity index (χ0v) is 8.99. The van der Waals surface area contributed by atoms with Gasteiger partial charge in [-0.1, -0.05) is 0 Å². The molecule has 1 aromatic rings. The lowest BCUT2D eigenvalue weighted by Crippen LogP contribution is -2.23. The summed E-state index contributed by atoms with van der Waals surface area (Å²) < 4.78 is 25.6. The van der Waals surface area contributed by atoms with Crippen LogP contribution in [0.2, 0.25) is 0 Å². The first-order chi connectivity index (χ1) is 6.56. The molecule has 0 aliphatic heterocycles. The van der Waals surface area contributed by atoms with Crippen LogP contribution in [0.15, 0.2) is 15.7 Å². The third-order valence-electron chi connectivity index (χ3n) is 1.42. The summed E-state index contributed by atoms with van der Waals surface area (Å²) in [6, 6.07) is 1.42. The Balaban J connectivity index is 2.72. The maximum atomic E-state index is 11.5. The number of hydrogen-bond donors (Lipinski definition) is 2. The van der Waals surface area contributed by atoms with Gasteiger partial charge in [-0.15, -0.1) is 23.7 Å². The molecule has 0 saturated carbocycles.